The van der Waals surface area contributed by atoms with Crippen molar-refractivity contribution in [1.82, 2.24) is 0 Å². The standard InChI is InChI=1S/C16H24/c1-2-13-14-5-3-4-10(14)9-15-11-6-7-12(8-11)16(13)15/h3,5,10-16H,2,4,6-9H2,1H3. The second-order valence-corrected chi connectivity index (χ2v) is 6.88. The van der Waals surface area contributed by atoms with Crippen molar-refractivity contribution < 1.29 is 0 Å². The Morgan fingerprint density at radius 1 is 1.06 bits per heavy atom. The molecule has 0 nitrogen and oxygen atoms in total. The quantitative estimate of drug-likeness (QED) is 0.574. The first-order valence-electron chi connectivity index (χ1n) is 7.55. The number of fused-ring (bicyclic) bond motifs is 6. The molecule has 0 heteroatoms. The van der Waals surface area contributed by atoms with Crippen molar-refractivity contribution in [3.63, 3.8) is 0 Å². The Labute approximate surface area is 99.5 Å². The third kappa shape index (κ3) is 1.11. The molecule has 0 spiro atoms. The highest BCUT2D eigenvalue weighted by atomic mass is 14.6. The third-order valence-electron chi connectivity index (χ3n) is 6.53. The molecule has 4 aliphatic carbocycles. The van der Waals surface area contributed by atoms with E-state index in [1.165, 1.54) is 12.8 Å². The van der Waals surface area contributed by atoms with Gasteiger partial charge in [-0.3, -0.25) is 0 Å². The molecule has 7 unspecified atom stereocenters. The van der Waals surface area contributed by atoms with Crippen LogP contribution in [0.25, 0.3) is 0 Å². The van der Waals surface area contributed by atoms with Gasteiger partial charge in [0.15, 0.2) is 0 Å². The summed E-state index contributed by atoms with van der Waals surface area (Å²) in [6.07, 6.45) is 14.3. The SMILES string of the molecule is CCC1C2C=CCC2CC2C3CCC(C3)C21. The molecule has 0 aromatic carbocycles. The van der Waals surface area contributed by atoms with Gasteiger partial charge in [0.05, 0.1) is 0 Å². The molecule has 4 aliphatic rings. The largest absolute Gasteiger partial charge is 0.0879 e. The highest BCUT2D eigenvalue weighted by Crippen LogP contribution is 2.63. The van der Waals surface area contributed by atoms with Crippen LogP contribution in [0, 0.1) is 41.4 Å². The molecule has 0 radical (unpaired) electrons. The van der Waals surface area contributed by atoms with Gasteiger partial charge >= 0.3 is 0 Å². The Morgan fingerprint density at radius 3 is 2.81 bits per heavy atom. The zero-order valence-corrected chi connectivity index (χ0v) is 10.4. The molecule has 4 rings (SSSR count). The summed E-state index contributed by atoms with van der Waals surface area (Å²) in [5, 5.41) is 0. The van der Waals surface area contributed by atoms with Crippen LogP contribution in [-0.4, -0.2) is 0 Å². The smallest absolute Gasteiger partial charge is 0.0171 e. The van der Waals surface area contributed by atoms with Gasteiger partial charge < -0.3 is 0 Å². The summed E-state index contributed by atoms with van der Waals surface area (Å²) < 4.78 is 0. The molecule has 7 atom stereocenters. The molecule has 3 saturated carbocycles. The van der Waals surface area contributed by atoms with Gasteiger partial charge in [-0.25, -0.2) is 0 Å². The molecule has 0 N–H and O–H groups in total. The van der Waals surface area contributed by atoms with E-state index in [0.29, 0.717) is 0 Å². The average Bonchev–Trinajstić information content (AvgIpc) is 3.00. The van der Waals surface area contributed by atoms with Crippen molar-refractivity contribution >= 4 is 0 Å². The average molecular weight is 216 g/mol. The lowest BCUT2D eigenvalue weighted by Crippen LogP contribution is -2.40. The second kappa shape index (κ2) is 3.37. The topological polar surface area (TPSA) is 0 Å². The van der Waals surface area contributed by atoms with E-state index in [2.05, 4.69) is 19.1 Å². The van der Waals surface area contributed by atoms with Crippen molar-refractivity contribution in [3.05, 3.63) is 12.2 Å². The van der Waals surface area contributed by atoms with Gasteiger partial charge in [-0.1, -0.05) is 25.5 Å². The Kier molecular flexibility index (Phi) is 2.05. The third-order valence-corrected chi connectivity index (χ3v) is 6.53. The van der Waals surface area contributed by atoms with Crippen LogP contribution in [0.3, 0.4) is 0 Å². The zero-order chi connectivity index (χ0) is 10.7. The van der Waals surface area contributed by atoms with Gasteiger partial charge in [0.25, 0.3) is 0 Å². The van der Waals surface area contributed by atoms with Crippen LogP contribution in [0.15, 0.2) is 12.2 Å². The van der Waals surface area contributed by atoms with Gasteiger partial charge in [0, 0.05) is 0 Å². The molecule has 16 heavy (non-hydrogen) atoms. The Morgan fingerprint density at radius 2 is 1.94 bits per heavy atom. The first-order chi connectivity index (χ1) is 7.88. The van der Waals surface area contributed by atoms with E-state index in [0.717, 1.165) is 41.4 Å². The van der Waals surface area contributed by atoms with Gasteiger partial charge in [-0.05, 0) is 73.5 Å². The summed E-state index contributed by atoms with van der Waals surface area (Å²) in [6, 6.07) is 0. The van der Waals surface area contributed by atoms with E-state index in [1.54, 1.807) is 25.7 Å². The molecule has 0 aromatic heterocycles. The number of hydrogen-bond donors (Lipinski definition) is 0. The van der Waals surface area contributed by atoms with Crippen LogP contribution >= 0.6 is 0 Å². The van der Waals surface area contributed by atoms with Crippen LogP contribution in [0.5, 0.6) is 0 Å². The number of allylic oxidation sites excluding steroid dienone is 2. The van der Waals surface area contributed by atoms with Gasteiger partial charge in [-0.2, -0.15) is 0 Å². The van der Waals surface area contributed by atoms with Crippen LogP contribution in [0.2, 0.25) is 0 Å². The van der Waals surface area contributed by atoms with E-state index >= 15 is 0 Å². The molecule has 0 heterocycles. The normalized spacial score (nSPS) is 57.7. The Bertz CT molecular complexity index is 316. The molecular formula is C16H24. The van der Waals surface area contributed by atoms with Gasteiger partial charge in [0.1, 0.15) is 0 Å². The second-order valence-electron chi connectivity index (χ2n) is 6.88. The maximum Gasteiger partial charge on any atom is -0.0171 e. The van der Waals surface area contributed by atoms with Crippen molar-refractivity contribution in [2.75, 3.05) is 0 Å². The van der Waals surface area contributed by atoms with Gasteiger partial charge in [-0.15, -0.1) is 0 Å². The molecule has 3 fully saturated rings. The summed E-state index contributed by atoms with van der Waals surface area (Å²) in [6.45, 7) is 2.45. The Hall–Kier alpha value is -0.260. The summed E-state index contributed by atoms with van der Waals surface area (Å²) in [5.74, 6) is 7.63. The van der Waals surface area contributed by atoms with Crippen LogP contribution in [0.1, 0.15) is 45.4 Å². The lowest BCUT2D eigenvalue weighted by atomic mass is 9.58. The van der Waals surface area contributed by atoms with Crippen molar-refractivity contribution in [1.29, 1.82) is 0 Å². The zero-order valence-electron chi connectivity index (χ0n) is 10.4. The molecule has 88 valence electrons. The summed E-state index contributed by atoms with van der Waals surface area (Å²) in [5.41, 5.74) is 0. The highest BCUT2D eigenvalue weighted by molar-refractivity contribution is 5.12. The Balaban J connectivity index is 1.68. The number of hydrogen-bond acceptors (Lipinski definition) is 0. The molecule has 0 saturated heterocycles. The first-order valence-corrected chi connectivity index (χ1v) is 7.55. The molecule has 0 amide bonds. The number of rotatable bonds is 1. The highest BCUT2D eigenvalue weighted by Gasteiger charge is 2.55. The summed E-state index contributed by atoms with van der Waals surface area (Å²) in [7, 11) is 0. The maximum absolute atomic E-state index is 2.58. The van der Waals surface area contributed by atoms with E-state index in [4.69, 9.17) is 0 Å². The maximum atomic E-state index is 2.58. The summed E-state index contributed by atoms with van der Waals surface area (Å²) in [4.78, 5) is 0. The van der Waals surface area contributed by atoms with Crippen molar-refractivity contribution in [3.8, 4) is 0 Å². The predicted octanol–water partition coefficient (Wildman–Crippen LogP) is 4.27. The van der Waals surface area contributed by atoms with Crippen molar-refractivity contribution in [2.24, 2.45) is 41.4 Å². The minimum Gasteiger partial charge on any atom is -0.0879 e. The monoisotopic (exact) mass is 216 g/mol. The van der Waals surface area contributed by atoms with Crippen LogP contribution in [0.4, 0.5) is 0 Å². The van der Waals surface area contributed by atoms with E-state index in [1.807, 2.05) is 0 Å². The fourth-order valence-electron chi connectivity index (χ4n) is 6.09. The summed E-state index contributed by atoms with van der Waals surface area (Å²) >= 11 is 0. The lowest BCUT2D eigenvalue weighted by Gasteiger charge is -2.47. The van der Waals surface area contributed by atoms with E-state index in [-0.39, 0.29) is 0 Å². The minimum absolute atomic E-state index is 0.977. The van der Waals surface area contributed by atoms with Crippen LogP contribution in [-0.2, 0) is 0 Å². The minimum atomic E-state index is 0.977. The fourth-order valence-corrected chi connectivity index (χ4v) is 6.09. The van der Waals surface area contributed by atoms with E-state index < -0.39 is 0 Å². The predicted molar refractivity (Wildman–Crippen MR) is 66.9 cm³/mol. The molecular weight excluding hydrogens is 192 g/mol. The fraction of sp³-hybridized carbons (Fsp3) is 0.875. The van der Waals surface area contributed by atoms with E-state index in [9.17, 15) is 0 Å². The van der Waals surface area contributed by atoms with Gasteiger partial charge in [0.2, 0.25) is 0 Å². The molecule has 0 aliphatic heterocycles. The molecule has 2 bridgehead atoms. The first kappa shape index (κ1) is 9.74. The van der Waals surface area contributed by atoms with Crippen molar-refractivity contribution in [2.45, 2.75) is 45.4 Å². The van der Waals surface area contributed by atoms with Crippen LogP contribution < -0.4 is 0 Å². The lowest BCUT2D eigenvalue weighted by molar-refractivity contribution is 0.0280. The molecule has 0 aromatic rings.